The van der Waals surface area contributed by atoms with E-state index in [1.54, 1.807) is 13.8 Å². The van der Waals surface area contributed by atoms with Crippen molar-refractivity contribution in [1.29, 1.82) is 0 Å². The predicted octanol–water partition coefficient (Wildman–Crippen LogP) is -0.892. The fraction of sp³-hybridized carbons (Fsp3) is 0.600. The third-order valence-corrected chi connectivity index (χ3v) is 2.67. The van der Waals surface area contributed by atoms with Crippen LogP contribution in [0.4, 0.5) is 0 Å². The van der Waals surface area contributed by atoms with Gasteiger partial charge in [0.2, 0.25) is 0 Å². The number of H-pyrrole nitrogens is 1. The Morgan fingerprint density at radius 2 is 2.22 bits per heavy atom. The lowest BCUT2D eigenvalue weighted by atomic mass is 10.2. The van der Waals surface area contributed by atoms with Gasteiger partial charge in [-0.15, -0.1) is 0 Å². The van der Waals surface area contributed by atoms with E-state index in [0.717, 1.165) is 0 Å². The summed E-state index contributed by atoms with van der Waals surface area (Å²) in [5, 5.41) is 9.44. The highest BCUT2D eigenvalue weighted by molar-refractivity contribution is 7.09. The van der Waals surface area contributed by atoms with Crippen LogP contribution < -0.4 is 11.2 Å². The molecule has 7 nitrogen and oxygen atoms in total. The number of hydrogen-bond donors (Lipinski definition) is 2. The predicted molar refractivity (Wildman–Crippen MR) is 69.7 cm³/mol. The summed E-state index contributed by atoms with van der Waals surface area (Å²) in [5.41, 5.74) is -0.546. The van der Waals surface area contributed by atoms with Crippen molar-refractivity contribution >= 4 is 9.47 Å². The number of aromatic amines is 1. The van der Waals surface area contributed by atoms with Gasteiger partial charge in [0.1, 0.15) is 28.9 Å². The molecular weight excluding hydrogens is 259 g/mol. The van der Waals surface area contributed by atoms with E-state index in [-0.39, 0.29) is 13.3 Å². The molecule has 0 saturated carbocycles. The molecule has 1 aromatic rings. The SMILES string of the molecule is Cc1cn(COC(CO[PH3+])C(C)O)c(=O)[nH]c1=O. The molecule has 0 spiro atoms. The minimum Gasteiger partial charge on any atom is -0.391 e. The van der Waals surface area contributed by atoms with E-state index in [2.05, 4.69) is 4.98 Å². The molecule has 0 aliphatic heterocycles. The number of nitrogens with zero attached hydrogens (tertiary/aromatic N) is 1. The Hall–Kier alpha value is -1.01. The number of rotatable bonds is 6. The Labute approximate surface area is 106 Å². The molecule has 18 heavy (non-hydrogen) atoms. The molecule has 102 valence electrons. The van der Waals surface area contributed by atoms with Crippen molar-refractivity contribution in [3.05, 3.63) is 32.6 Å². The van der Waals surface area contributed by atoms with E-state index >= 15 is 0 Å². The highest BCUT2D eigenvalue weighted by Gasteiger charge is 2.17. The van der Waals surface area contributed by atoms with Crippen LogP contribution in [-0.2, 0) is 16.0 Å². The molecule has 8 heteroatoms. The number of ether oxygens (including phenoxy) is 1. The van der Waals surface area contributed by atoms with E-state index in [9.17, 15) is 14.7 Å². The monoisotopic (exact) mass is 277 g/mol. The van der Waals surface area contributed by atoms with Crippen LogP contribution in [0.1, 0.15) is 12.5 Å². The summed E-state index contributed by atoms with van der Waals surface area (Å²) in [6.45, 7) is 3.34. The van der Waals surface area contributed by atoms with Crippen LogP contribution in [0.2, 0.25) is 0 Å². The first kappa shape index (κ1) is 15.0. The Balaban J connectivity index is 2.76. The van der Waals surface area contributed by atoms with E-state index in [1.807, 2.05) is 0 Å². The average molecular weight is 277 g/mol. The minimum absolute atomic E-state index is 0.0571. The van der Waals surface area contributed by atoms with Gasteiger partial charge in [-0.2, -0.15) is 0 Å². The van der Waals surface area contributed by atoms with Crippen molar-refractivity contribution in [3.63, 3.8) is 0 Å². The third kappa shape index (κ3) is 4.03. The maximum Gasteiger partial charge on any atom is 0.330 e. The van der Waals surface area contributed by atoms with Gasteiger partial charge in [0, 0.05) is 11.8 Å². The van der Waals surface area contributed by atoms with Gasteiger partial charge in [-0.3, -0.25) is 14.3 Å². The summed E-state index contributed by atoms with van der Waals surface area (Å²) in [6.07, 6.45) is 0.172. The largest absolute Gasteiger partial charge is 0.391 e. The number of aliphatic hydroxyl groups excluding tert-OH is 1. The van der Waals surface area contributed by atoms with E-state index in [1.165, 1.54) is 20.2 Å². The molecule has 0 amide bonds. The maximum absolute atomic E-state index is 11.5. The van der Waals surface area contributed by atoms with Crippen molar-refractivity contribution in [1.82, 2.24) is 9.55 Å². The molecule has 0 radical (unpaired) electrons. The molecule has 0 bridgehead atoms. The first-order valence-electron chi connectivity index (χ1n) is 5.42. The van der Waals surface area contributed by atoms with Crippen LogP contribution in [-0.4, -0.2) is 33.5 Å². The molecule has 2 N–H and O–H groups in total. The van der Waals surface area contributed by atoms with Gasteiger partial charge in [0.05, 0.1) is 6.10 Å². The number of nitrogens with one attached hydrogen (secondary N) is 1. The zero-order chi connectivity index (χ0) is 13.7. The van der Waals surface area contributed by atoms with Crippen molar-refractivity contribution in [2.45, 2.75) is 32.8 Å². The van der Waals surface area contributed by atoms with Crippen LogP contribution in [0.25, 0.3) is 0 Å². The zero-order valence-electron chi connectivity index (χ0n) is 10.4. The lowest BCUT2D eigenvalue weighted by Crippen LogP contribution is -2.35. The first-order chi connectivity index (χ1) is 8.45. The Bertz CT molecular complexity index is 496. The Kier molecular flexibility index (Phi) is 5.68. The van der Waals surface area contributed by atoms with E-state index in [4.69, 9.17) is 9.26 Å². The van der Waals surface area contributed by atoms with Crippen LogP contribution in [0.15, 0.2) is 15.8 Å². The van der Waals surface area contributed by atoms with Crippen molar-refractivity contribution in [3.8, 4) is 0 Å². The van der Waals surface area contributed by atoms with Gasteiger partial charge in [-0.25, -0.2) is 9.32 Å². The standard InChI is InChI=1S/C10H17N2O5P/c1-6-3-12(10(15)11-9(6)14)5-16-8(4-17-18)7(2)13/h3,7-8,13H,4-5H2,1-2,18H3/p+1. The second-order valence-corrected chi connectivity index (χ2v) is 4.40. The van der Waals surface area contributed by atoms with Gasteiger partial charge in [0.25, 0.3) is 5.56 Å². The normalized spacial score (nSPS) is 14.6. The number of aromatic nitrogens is 2. The summed E-state index contributed by atoms with van der Waals surface area (Å²) >= 11 is 0. The molecule has 0 saturated heterocycles. The summed E-state index contributed by atoms with van der Waals surface area (Å²) < 4.78 is 11.5. The quantitative estimate of drug-likeness (QED) is 0.658. The van der Waals surface area contributed by atoms with E-state index < -0.39 is 23.5 Å². The van der Waals surface area contributed by atoms with Crippen LogP contribution >= 0.6 is 9.47 Å². The summed E-state index contributed by atoms with van der Waals surface area (Å²) in [7, 11) is 1.31. The molecule has 3 atom stereocenters. The molecular formula is C10H18N2O5P+. The smallest absolute Gasteiger partial charge is 0.330 e. The van der Waals surface area contributed by atoms with Crippen molar-refractivity contribution < 1.29 is 14.4 Å². The van der Waals surface area contributed by atoms with Gasteiger partial charge in [-0.1, -0.05) is 0 Å². The molecule has 1 rings (SSSR count). The van der Waals surface area contributed by atoms with Crippen LogP contribution in [0, 0.1) is 6.92 Å². The molecule has 0 aliphatic carbocycles. The van der Waals surface area contributed by atoms with Crippen molar-refractivity contribution in [2.24, 2.45) is 0 Å². The molecule has 1 aromatic heterocycles. The highest BCUT2D eigenvalue weighted by atomic mass is 31.0. The van der Waals surface area contributed by atoms with E-state index in [0.29, 0.717) is 5.56 Å². The van der Waals surface area contributed by atoms with Crippen LogP contribution in [0.3, 0.4) is 0 Å². The lowest BCUT2D eigenvalue weighted by Gasteiger charge is -2.18. The second-order valence-electron chi connectivity index (χ2n) is 3.99. The fourth-order valence-corrected chi connectivity index (χ4v) is 1.57. The number of hydrogen-bond acceptors (Lipinski definition) is 5. The summed E-state index contributed by atoms with van der Waals surface area (Å²) in [4.78, 5) is 24.8. The minimum atomic E-state index is -0.714. The molecule has 1 heterocycles. The highest BCUT2D eigenvalue weighted by Crippen LogP contribution is 2.03. The topological polar surface area (TPSA) is 93.6 Å². The molecule has 3 unspecified atom stereocenters. The van der Waals surface area contributed by atoms with Crippen molar-refractivity contribution in [2.75, 3.05) is 6.61 Å². The third-order valence-electron chi connectivity index (χ3n) is 2.44. The lowest BCUT2D eigenvalue weighted by molar-refractivity contribution is -0.0757. The van der Waals surface area contributed by atoms with Gasteiger partial charge >= 0.3 is 5.69 Å². The fourth-order valence-electron chi connectivity index (χ4n) is 1.33. The zero-order valence-corrected chi connectivity index (χ0v) is 11.8. The Morgan fingerprint density at radius 1 is 1.56 bits per heavy atom. The number of aliphatic hydroxyl groups is 1. The molecule has 0 aliphatic rings. The average Bonchev–Trinajstić information content (AvgIpc) is 2.30. The first-order valence-corrected chi connectivity index (χ1v) is 6.00. The summed E-state index contributed by atoms with van der Waals surface area (Å²) in [6, 6.07) is 0. The molecule has 0 aromatic carbocycles. The van der Waals surface area contributed by atoms with Gasteiger partial charge in [-0.05, 0) is 13.8 Å². The second kappa shape index (κ2) is 6.80. The number of aryl methyl sites for hydroxylation is 1. The Morgan fingerprint density at radius 3 is 2.78 bits per heavy atom. The summed E-state index contributed by atoms with van der Waals surface area (Å²) in [5.74, 6) is 0. The van der Waals surface area contributed by atoms with Crippen LogP contribution in [0.5, 0.6) is 0 Å². The maximum atomic E-state index is 11.5. The van der Waals surface area contributed by atoms with Gasteiger partial charge in [0.15, 0.2) is 0 Å². The van der Waals surface area contributed by atoms with Gasteiger partial charge < -0.3 is 9.84 Å². The molecule has 0 fully saturated rings.